The molecule has 0 saturated heterocycles. The molecule has 2 aromatic rings. The average molecular weight is 236 g/mol. The standard InChI is InChI=1S/C16H12O2/c17-15-9-7-14(8-10-15)12-16(18)11-6-13-4-2-1-3-5-13/h1-5,7-10,17H,12H2. The zero-order valence-electron chi connectivity index (χ0n) is 9.76. The zero-order valence-corrected chi connectivity index (χ0v) is 9.76. The number of aromatic hydroxyl groups is 1. The van der Waals surface area contributed by atoms with Crippen molar-refractivity contribution in [3.8, 4) is 17.6 Å². The number of phenolic OH excluding ortho intramolecular Hbond substituents is 1. The normalized spacial score (nSPS) is 9.33. The summed E-state index contributed by atoms with van der Waals surface area (Å²) in [6.45, 7) is 0. The van der Waals surface area contributed by atoms with Crippen molar-refractivity contribution in [2.45, 2.75) is 6.42 Å². The number of carbonyl (C=O) groups is 1. The van der Waals surface area contributed by atoms with Crippen molar-refractivity contribution in [3.05, 3.63) is 65.7 Å². The van der Waals surface area contributed by atoms with Crippen molar-refractivity contribution in [2.75, 3.05) is 0 Å². The summed E-state index contributed by atoms with van der Waals surface area (Å²) in [5.74, 6) is 5.50. The third-order valence-electron chi connectivity index (χ3n) is 2.42. The number of carbonyl (C=O) groups excluding carboxylic acids is 1. The fourth-order valence-corrected chi connectivity index (χ4v) is 1.51. The van der Waals surface area contributed by atoms with E-state index in [1.807, 2.05) is 30.3 Å². The first-order chi connectivity index (χ1) is 8.74. The Morgan fingerprint density at radius 2 is 1.67 bits per heavy atom. The first-order valence-corrected chi connectivity index (χ1v) is 5.62. The SMILES string of the molecule is O=C(C#Cc1ccccc1)Cc1ccc(O)cc1. The van der Waals surface area contributed by atoms with Crippen LogP contribution in [0.1, 0.15) is 11.1 Å². The maximum Gasteiger partial charge on any atom is 0.210 e. The molecule has 0 amide bonds. The number of rotatable bonds is 2. The van der Waals surface area contributed by atoms with Gasteiger partial charge in [-0.15, -0.1) is 0 Å². The number of benzene rings is 2. The maximum atomic E-state index is 11.6. The van der Waals surface area contributed by atoms with Crippen LogP contribution in [0.25, 0.3) is 0 Å². The van der Waals surface area contributed by atoms with Gasteiger partial charge >= 0.3 is 0 Å². The van der Waals surface area contributed by atoms with Crippen molar-refractivity contribution >= 4 is 5.78 Å². The maximum absolute atomic E-state index is 11.6. The Bertz CT molecular complexity index is 586. The highest BCUT2D eigenvalue weighted by Gasteiger charge is 1.99. The Hall–Kier alpha value is -2.53. The molecule has 0 aliphatic carbocycles. The molecule has 0 atom stereocenters. The van der Waals surface area contributed by atoms with Crippen LogP contribution in [0, 0.1) is 11.8 Å². The quantitative estimate of drug-likeness (QED) is 0.814. The van der Waals surface area contributed by atoms with E-state index in [1.54, 1.807) is 24.3 Å². The van der Waals surface area contributed by atoms with Gasteiger partial charge in [0, 0.05) is 12.0 Å². The summed E-state index contributed by atoms with van der Waals surface area (Å²) in [5.41, 5.74) is 1.68. The van der Waals surface area contributed by atoms with Gasteiger partial charge in [0.2, 0.25) is 5.78 Å². The minimum atomic E-state index is -0.135. The van der Waals surface area contributed by atoms with Crippen LogP contribution in [0.15, 0.2) is 54.6 Å². The zero-order chi connectivity index (χ0) is 12.8. The molecule has 0 spiro atoms. The van der Waals surface area contributed by atoms with Gasteiger partial charge in [-0.3, -0.25) is 4.79 Å². The van der Waals surface area contributed by atoms with Gasteiger partial charge in [-0.2, -0.15) is 0 Å². The lowest BCUT2D eigenvalue weighted by Crippen LogP contribution is -1.98. The molecule has 0 unspecified atom stereocenters. The molecule has 0 saturated carbocycles. The first-order valence-electron chi connectivity index (χ1n) is 5.62. The van der Waals surface area contributed by atoms with Crippen LogP contribution in [0.3, 0.4) is 0 Å². The van der Waals surface area contributed by atoms with Gasteiger partial charge in [-0.25, -0.2) is 0 Å². The molecule has 0 heterocycles. The van der Waals surface area contributed by atoms with Crippen LogP contribution in [-0.4, -0.2) is 10.9 Å². The fraction of sp³-hybridized carbons (Fsp3) is 0.0625. The number of Topliss-reactive ketones (excluding diaryl/α,β-unsaturated/α-hetero) is 1. The molecule has 18 heavy (non-hydrogen) atoms. The Balaban J connectivity index is 2.01. The van der Waals surface area contributed by atoms with E-state index in [9.17, 15) is 4.79 Å². The minimum absolute atomic E-state index is 0.135. The van der Waals surface area contributed by atoms with Crippen LogP contribution in [0.4, 0.5) is 0 Å². The van der Waals surface area contributed by atoms with Gasteiger partial charge < -0.3 is 5.11 Å². The van der Waals surface area contributed by atoms with E-state index in [0.717, 1.165) is 11.1 Å². The predicted octanol–water partition coefficient (Wildman–Crippen LogP) is 2.56. The van der Waals surface area contributed by atoms with Crippen LogP contribution in [-0.2, 0) is 11.2 Å². The molecule has 0 radical (unpaired) electrons. The van der Waals surface area contributed by atoms with Crippen LogP contribution in [0.2, 0.25) is 0 Å². The second kappa shape index (κ2) is 5.70. The molecule has 2 aromatic carbocycles. The summed E-state index contributed by atoms with van der Waals surface area (Å²) in [7, 11) is 0. The van der Waals surface area contributed by atoms with E-state index in [-0.39, 0.29) is 18.0 Å². The minimum Gasteiger partial charge on any atom is -0.508 e. The van der Waals surface area contributed by atoms with E-state index >= 15 is 0 Å². The van der Waals surface area contributed by atoms with Gasteiger partial charge in [-0.05, 0) is 35.7 Å². The van der Waals surface area contributed by atoms with Crippen LogP contribution < -0.4 is 0 Å². The summed E-state index contributed by atoms with van der Waals surface area (Å²) >= 11 is 0. The fourth-order valence-electron chi connectivity index (χ4n) is 1.51. The second-order valence-corrected chi connectivity index (χ2v) is 3.88. The largest absolute Gasteiger partial charge is 0.508 e. The molecule has 2 heteroatoms. The lowest BCUT2D eigenvalue weighted by atomic mass is 10.1. The molecule has 0 aliphatic rings. The van der Waals surface area contributed by atoms with Gasteiger partial charge in [0.05, 0.1) is 0 Å². The monoisotopic (exact) mass is 236 g/mol. The molecule has 2 rings (SSSR count). The van der Waals surface area contributed by atoms with E-state index in [4.69, 9.17) is 5.11 Å². The average Bonchev–Trinajstić information content (AvgIpc) is 2.40. The number of hydrogen-bond acceptors (Lipinski definition) is 2. The smallest absolute Gasteiger partial charge is 0.210 e. The highest BCUT2D eigenvalue weighted by molar-refractivity contribution is 5.97. The van der Waals surface area contributed by atoms with E-state index < -0.39 is 0 Å². The Kier molecular flexibility index (Phi) is 3.78. The molecule has 88 valence electrons. The van der Waals surface area contributed by atoms with Crippen molar-refractivity contribution in [1.82, 2.24) is 0 Å². The third-order valence-corrected chi connectivity index (χ3v) is 2.42. The van der Waals surface area contributed by atoms with Crippen molar-refractivity contribution in [1.29, 1.82) is 0 Å². The number of phenols is 1. The molecule has 1 N–H and O–H groups in total. The Morgan fingerprint density at radius 3 is 2.33 bits per heavy atom. The molecule has 0 aromatic heterocycles. The molecule has 0 fully saturated rings. The van der Waals surface area contributed by atoms with Gasteiger partial charge in [-0.1, -0.05) is 36.3 Å². The third kappa shape index (κ3) is 3.50. The Labute approximate surface area is 106 Å². The van der Waals surface area contributed by atoms with E-state index in [1.165, 1.54) is 0 Å². The topological polar surface area (TPSA) is 37.3 Å². The second-order valence-electron chi connectivity index (χ2n) is 3.88. The lowest BCUT2D eigenvalue weighted by Gasteiger charge is -1.96. The summed E-state index contributed by atoms with van der Waals surface area (Å²) in [4.78, 5) is 11.6. The van der Waals surface area contributed by atoms with Crippen molar-refractivity contribution in [2.24, 2.45) is 0 Å². The van der Waals surface area contributed by atoms with Gasteiger partial charge in [0.1, 0.15) is 5.75 Å². The lowest BCUT2D eigenvalue weighted by molar-refractivity contribution is -0.113. The molecule has 0 bridgehead atoms. The molecule has 2 nitrogen and oxygen atoms in total. The highest BCUT2D eigenvalue weighted by Crippen LogP contribution is 2.10. The molecular formula is C16H12O2. The molecule has 0 aliphatic heterocycles. The number of ketones is 1. The highest BCUT2D eigenvalue weighted by atomic mass is 16.3. The Morgan fingerprint density at radius 1 is 1.00 bits per heavy atom. The first kappa shape index (κ1) is 11.9. The number of hydrogen-bond donors (Lipinski definition) is 1. The van der Waals surface area contributed by atoms with E-state index in [0.29, 0.717) is 0 Å². The predicted molar refractivity (Wildman–Crippen MR) is 70.1 cm³/mol. The van der Waals surface area contributed by atoms with E-state index in [2.05, 4.69) is 11.8 Å². The van der Waals surface area contributed by atoms with Crippen molar-refractivity contribution < 1.29 is 9.90 Å². The van der Waals surface area contributed by atoms with Crippen LogP contribution >= 0.6 is 0 Å². The summed E-state index contributed by atoms with van der Waals surface area (Å²) in [5, 5.41) is 9.13. The van der Waals surface area contributed by atoms with Gasteiger partial charge in [0.15, 0.2) is 0 Å². The van der Waals surface area contributed by atoms with Crippen molar-refractivity contribution in [3.63, 3.8) is 0 Å². The summed E-state index contributed by atoms with van der Waals surface area (Å²) < 4.78 is 0. The van der Waals surface area contributed by atoms with Crippen LogP contribution in [0.5, 0.6) is 5.75 Å². The summed E-state index contributed by atoms with van der Waals surface area (Å²) in [6.07, 6.45) is 0.264. The summed E-state index contributed by atoms with van der Waals surface area (Å²) in [6, 6.07) is 16.0. The molecular weight excluding hydrogens is 224 g/mol. The van der Waals surface area contributed by atoms with Gasteiger partial charge in [0.25, 0.3) is 0 Å².